The van der Waals surface area contributed by atoms with Crippen LogP contribution in [0.15, 0.2) is 35.1 Å². The van der Waals surface area contributed by atoms with Crippen molar-refractivity contribution in [3.63, 3.8) is 0 Å². The zero-order valence-electron chi connectivity index (χ0n) is 13.3. The Kier molecular flexibility index (Phi) is 5.72. The number of H-pyrrole nitrogens is 1. The summed E-state index contributed by atoms with van der Waals surface area (Å²) in [6, 6.07) is 9.91. The van der Waals surface area contributed by atoms with Gasteiger partial charge in [-0.25, -0.2) is 5.10 Å². The van der Waals surface area contributed by atoms with Gasteiger partial charge in [0.2, 0.25) is 0 Å². The Hall–Kier alpha value is -2.14. The summed E-state index contributed by atoms with van der Waals surface area (Å²) in [5.74, 6) is 0.828. The van der Waals surface area contributed by atoms with Crippen molar-refractivity contribution in [3.8, 4) is 17.0 Å². The molecule has 2 N–H and O–H groups in total. The van der Waals surface area contributed by atoms with Gasteiger partial charge in [0.15, 0.2) is 0 Å². The molecule has 1 atom stereocenters. The van der Waals surface area contributed by atoms with Crippen molar-refractivity contribution in [2.24, 2.45) is 0 Å². The van der Waals surface area contributed by atoms with E-state index in [0.717, 1.165) is 23.4 Å². The summed E-state index contributed by atoms with van der Waals surface area (Å²) in [7, 11) is 0. The number of rotatable bonds is 7. The third-order valence-electron chi connectivity index (χ3n) is 3.59. The van der Waals surface area contributed by atoms with E-state index in [1.165, 1.54) is 0 Å². The second-order valence-electron chi connectivity index (χ2n) is 5.26. The zero-order valence-corrected chi connectivity index (χ0v) is 13.3. The van der Waals surface area contributed by atoms with E-state index >= 15 is 0 Å². The van der Waals surface area contributed by atoms with Gasteiger partial charge in [-0.05, 0) is 50.6 Å². The van der Waals surface area contributed by atoms with Gasteiger partial charge in [-0.1, -0.05) is 6.92 Å². The van der Waals surface area contributed by atoms with Gasteiger partial charge < -0.3 is 10.1 Å². The predicted octanol–water partition coefficient (Wildman–Crippen LogP) is 2.72. The highest BCUT2D eigenvalue weighted by atomic mass is 16.5. The van der Waals surface area contributed by atoms with Crippen LogP contribution in [0.2, 0.25) is 0 Å². The molecule has 1 aromatic carbocycles. The van der Waals surface area contributed by atoms with Crippen LogP contribution in [0.4, 0.5) is 0 Å². The molecule has 0 bridgehead atoms. The lowest BCUT2D eigenvalue weighted by molar-refractivity contribution is 0.340. The lowest BCUT2D eigenvalue weighted by Crippen LogP contribution is -2.28. The van der Waals surface area contributed by atoms with Crippen LogP contribution in [-0.4, -0.2) is 22.8 Å². The van der Waals surface area contributed by atoms with Crippen molar-refractivity contribution in [2.75, 3.05) is 6.61 Å². The van der Waals surface area contributed by atoms with Crippen molar-refractivity contribution < 1.29 is 4.74 Å². The van der Waals surface area contributed by atoms with E-state index in [1.807, 2.05) is 37.3 Å². The van der Waals surface area contributed by atoms with Crippen LogP contribution in [0.5, 0.6) is 5.75 Å². The number of ether oxygens (including phenoxy) is 1. The fourth-order valence-electron chi connectivity index (χ4n) is 2.04. The van der Waals surface area contributed by atoms with Crippen molar-refractivity contribution in [3.05, 3.63) is 46.2 Å². The first-order valence-corrected chi connectivity index (χ1v) is 7.69. The molecule has 22 heavy (non-hydrogen) atoms. The Morgan fingerprint density at radius 1 is 1.27 bits per heavy atom. The summed E-state index contributed by atoms with van der Waals surface area (Å²) >= 11 is 0. The predicted molar refractivity (Wildman–Crippen MR) is 88.1 cm³/mol. The minimum Gasteiger partial charge on any atom is -0.494 e. The molecule has 0 saturated carbocycles. The van der Waals surface area contributed by atoms with E-state index in [9.17, 15) is 4.79 Å². The second kappa shape index (κ2) is 7.75. The van der Waals surface area contributed by atoms with E-state index in [0.29, 0.717) is 24.8 Å². The summed E-state index contributed by atoms with van der Waals surface area (Å²) in [5, 5.41) is 10.0. The molecular weight excluding hydrogens is 278 g/mol. The molecule has 5 nitrogen and oxygen atoms in total. The van der Waals surface area contributed by atoms with Crippen LogP contribution in [0.3, 0.4) is 0 Å². The van der Waals surface area contributed by atoms with Crippen LogP contribution in [0, 0.1) is 0 Å². The van der Waals surface area contributed by atoms with Crippen LogP contribution in [0.25, 0.3) is 11.3 Å². The van der Waals surface area contributed by atoms with Gasteiger partial charge in [0, 0.05) is 23.7 Å². The highest BCUT2D eigenvalue weighted by molar-refractivity contribution is 5.60. The number of hydrogen-bond acceptors (Lipinski definition) is 4. The van der Waals surface area contributed by atoms with Crippen molar-refractivity contribution in [1.29, 1.82) is 0 Å². The quantitative estimate of drug-likeness (QED) is 0.825. The topological polar surface area (TPSA) is 67.0 Å². The molecule has 1 heterocycles. The first kappa shape index (κ1) is 16.2. The molecule has 0 radical (unpaired) electrons. The maximum atomic E-state index is 11.9. The molecular formula is C17H23N3O2. The molecule has 1 unspecified atom stereocenters. The average molecular weight is 301 g/mol. The molecule has 0 amide bonds. The fourth-order valence-corrected chi connectivity index (χ4v) is 2.04. The first-order valence-electron chi connectivity index (χ1n) is 7.69. The van der Waals surface area contributed by atoms with Crippen molar-refractivity contribution in [1.82, 2.24) is 15.5 Å². The van der Waals surface area contributed by atoms with Crippen LogP contribution in [0.1, 0.15) is 32.8 Å². The summed E-state index contributed by atoms with van der Waals surface area (Å²) in [5.41, 5.74) is 2.25. The minimum atomic E-state index is -0.148. The average Bonchev–Trinajstić information content (AvgIpc) is 2.55. The van der Waals surface area contributed by atoms with E-state index < -0.39 is 0 Å². The van der Waals surface area contributed by atoms with Crippen LogP contribution in [-0.2, 0) is 6.54 Å². The fraction of sp³-hybridized carbons (Fsp3) is 0.412. The van der Waals surface area contributed by atoms with Gasteiger partial charge in [0.05, 0.1) is 12.3 Å². The van der Waals surface area contributed by atoms with Gasteiger partial charge in [0.25, 0.3) is 5.56 Å². The number of aromatic amines is 1. The molecule has 1 aromatic heterocycles. The van der Waals surface area contributed by atoms with E-state index in [-0.39, 0.29) is 5.56 Å². The molecule has 0 aliphatic carbocycles. The molecule has 0 aliphatic rings. The third-order valence-corrected chi connectivity index (χ3v) is 3.59. The van der Waals surface area contributed by atoms with Gasteiger partial charge in [-0.3, -0.25) is 4.79 Å². The Morgan fingerprint density at radius 3 is 2.64 bits per heavy atom. The normalized spacial score (nSPS) is 12.1. The van der Waals surface area contributed by atoms with Crippen molar-refractivity contribution in [2.45, 2.75) is 39.8 Å². The molecule has 118 valence electrons. The smallest absolute Gasteiger partial charge is 0.268 e. The first-order chi connectivity index (χ1) is 10.6. The lowest BCUT2D eigenvalue weighted by atomic mass is 10.1. The highest BCUT2D eigenvalue weighted by Gasteiger charge is 2.07. The monoisotopic (exact) mass is 301 g/mol. The summed E-state index contributed by atoms with van der Waals surface area (Å²) in [6.07, 6.45) is 1.02. The van der Waals surface area contributed by atoms with E-state index in [4.69, 9.17) is 4.74 Å². The standard InChI is InChI=1S/C17H23N3O2/c1-4-12(3)18-11-14-10-16(19-20-17(14)21)13-6-8-15(9-7-13)22-5-2/h6-10,12,18H,4-5,11H2,1-3H3,(H,20,21). The van der Waals surface area contributed by atoms with Gasteiger partial charge in [-0.2, -0.15) is 5.10 Å². The molecule has 5 heteroatoms. The van der Waals surface area contributed by atoms with Gasteiger partial charge >= 0.3 is 0 Å². The Morgan fingerprint density at radius 2 is 2.00 bits per heavy atom. The Bertz CT molecular complexity index is 650. The summed E-state index contributed by atoms with van der Waals surface area (Å²) < 4.78 is 5.43. The molecule has 0 aliphatic heterocycles. The number of hydrogen-bond donors (Lipinski definition) is 2. The SMILES string of the molecule is CCOc1ccc(-c2cc(CNC(C)CC)c(=O)[nH]n2)cc1. The highest BCUT2D eigenvalue weighted by Crippen LogP contribution is 2.20. The molecule has 0 fully saturated rings. The minimum absolute atomic E-state index is 0.148. The maximum absolute atomic E-state index is 11.9. The second-order valence-corrected chi connectivity index (χ2v) is 5.26. The number of benzene rings is 1. The Labute approximate surface area is 130 Å². The molecule has 0 spiro atoms. The molecule has 2 rings (SSSR count). The largest absolute Gasteiger partial charge is 0.494 e. The number of aromatic nitrogens is 2. The number of nitrogens with zero attached hydrogens (tertiary/aromatic N) is 1. The summed E-state index contributed by atoms with van der Waals surface area (Å²) in [4.78, 5) is 11.9. The van der Waals surface area contributed by atoms with E-state index in [2.05, 4.69) is 29.4 Å². The molecule has 0 saturated heterocycles. The maximum Gasteiger partial charge on any atom is 0.268 e. The Balaban J connectivity index is 2.19. The van der Waals surface area contributed by atoms with Crippen LogP contribution >= 0.6 is 0 Å². The number of nitrogens with one attached hydrogen (secondary N) is 2. The van der Waals surface area contributed by atoms with E-state index in [1.54, 1.807) is 0 Å². The van der Waals surface area contributed by atoms with Crippen LogP contribution < -0.4 is 15.6 Å². The zero-order chi connectivity index (χ0) is 15.9. The van der Waals surface area contributed by atoms with Gasteiger partial charge in [0.1, 0.15) is 5.75 Å². The van der Waals surface area contributed by atoms with Crippen molar-refractivity contribution >= 4 is 0 Å². The van der Waals surface area contributed by atoms with Gasteiger partial charge in [-0.15, -0.1) is 0 Å². The lowest BCUT2D eigenvalue weighted by Gasteiger charge is -2.11. The third kappa shape index (κ3) is 4.18. The summed E-state index contributed by atoms with van der Waals surface area (Å²) in [6.45, 7) is 7.34. The molecule has 2 aromatic rings.